The highest BCUT2D eigenvalue weighted by Crippen LogP contribution is 2.31. The lowest BCUT2D eigenvalue weighted by Crippen LogP contribution is -2.46. The van der Waals surface area contributed by atoms with Crippen LogP contribution in [0.4, 0.5) is 5.69 Å². The number of rotatable bonds is 4. The highest BCUT2D eigenvalue weighted by molar-refractivity contribution is 8.18. The number of likely N-dealkylation sites (N-methyl/N-ethyl adjacent to an activating group) is 1. The Hall–Kier alpha value is -1.79. The maximum atomic E-state index is 12.2. The molecule has 0 aliphatic carbocycles. The molecular weight excluding hydrogens is 332 g/mol. The molecule has 0 atom stereocenters. The van der Waals surface area contributed by atoms with Crippen molar-refractivity contribution in [3.8, 4) is 0 Å². The Kier molecular flexibility index (Phi) is 5.81. The molecule has 134 valence electrons. The van der Waals surface area contributed by atoms with Crippen LogP contribution in [-0.4, -0.2) is 67.2 Å². The first kappa shape index (κ1) is 18.0. The molecule has 1 amide bonds. The van der Waals surface area contributed by atoms with Gasteiger partial charge in [0.05, 0.1) is 4.91 Å². The van der Waals surface area contributed by atoms with Gasteiger partial charge in [-0.1, -0.05) is 12.1 Å². The van der Waals surface area contributed by atoms with Gasteiger partial charge < -0.3 is 14.7 Å². The Morgan fingerprint density at radius 1 is 1.12 bits per heavy atom. The third kappa shape index (κ3) is 4.25. The number of hydrogen-bond donors (Lipinski definition) is 0. The zero-order valence-corrected chi connectivity index (χ0v) is 16.1. The number of benzene rings is 1. The molecule has 0 saturated carbocycles. The summed E-state index contributed by atoms with van der Waals surface area (Å²) in [5.74, 6) is -0.119. The predicted octanol–water partition coefficient (Wildman–Crippen LogP) is 2.75. The smallest absolute Gasteiger partial charge is 0.286 e. The SMILES string of the molecule is CCN(CC)c1ccc(/C=C2\SC(N3CCN(C)CC3)=NC2=O)cc1. The molecule has 1 aromatic carbocycles. The van der Waals surface area contributed by atoms with Gasteiger partial charge in [-0.25, -0.2) is 0 Å². The molecule has 3 rings (SSSR count). The van der Waals surface area contributed by atoms with Crippen molar-refractivity contribution >= 4 is 34.6 Å². The van der Waals surface area contributed by atoms with Crippen molar-refractivity contribution in [3.63, 3.8) is 0 Å². The van der Waals surface area contributed by atoms with Crippen molar-refractivity contribution in [2.75, 3.05) is 51.2 Å². The molecule has 0 N–H and O–H groups in total. The highest BCUT2D eigenvalue weighted by atomic mass is 32.2. The highest BCUT2D eigenvalue weighted by Gasteiger charge is 2.27. The Morgan fingerprint density at radius 2 is 1.76 bits per heavy atom. The van der Waals surface area contributed by atoms with Gasteiger partial charge in [-0.3, -0.25) is 4.79 Å². The predicted molar refractivity (Wildman–Crippen MR) is 107 cm³/mol. The van der Waals surface area contributed by atoms with Crippen LogP contribution in [0.25, 0.3) is 6.08 Å². The van der Waals surface area contributed by atoms with Gasteiger partial charge in [0.25, 0.3) is 5.91 Å². The molecular formula is C19H26N4OS. The lowest BCUT2D eigenvalue weighted by Gasteiger charge is -2.32. The van der Waals surface area contributed by atoms with Gasteiger partial charge in [-0.2, -0.15) is 4.99 Å². The van der Waals surface area contributed by atoms with E-state index < -0.39 is 0 Å². The van der Waals surface area contributed by atoms with Crippen molar-refractivity contribution < 1.29 is 4.79 Å². The minimum Gasteiger partial charge on any atom is -0.372 e. The fourth-order valence-electron chi connectivity index (χ4n) is 3.05. The topological polar surface area (TPSA) is 39.1 Å². The summed E-state index contributed by atoms with van der Waals surface area (Å²) in [4.78, 5) is 24.0. The van der Waals surface area contributed by atoms with E-state index in [0.29, 0.717) is 4.91 Å². The number of hydrogen-bond acceptors (Lipinski definition) is 5. The number of amides is 1. The van der Waals surface area contributed by atoms with Crippen LogP contribution in [0.15, 0.2) is 34.2 Å². The lowest BCUT2D eigenvalue weighted by atomic mass is 10.2. The lowest BCUT2D eigenvalue weighted by molar-refractivity contribution is -0.113. The van der Waals surface area contributed by atoms with Crippen LogP contribution in [0.2, 0.25) is 0 Å². The third-order valence-electron chi connectivity index (χ3n) is 4.70. The first-order valence-electron chi connectivity index (χ1n) is 8.91. The van der Waals surface area contributed by atoms with Crippen LogP contribution in [0.1, 0.15) is 19.4 Å². The summed E-state index contributed by atoms with van der Waals surface area (Å²) in [5.41, 5.74) is 2.26. The average molecular weight is 359 g/mol. The maximum Gasteiger partial charge on any atom is 0.286 e. The Balaban J connectivity index is 1.67. The van der Waals surface area contributed by atoms with Crippen LogP contribution >= 0.6 is 11.8 Å². The second-order valence-corrected chi connectivity index (χ2v) is 7.37. The second kappa shape index (κ2) is 8.06. The van der Waals surface area contributed by atoms with E-state index in [9.17, 15) is 4.79 Å². The van der Waals surface area contributed by atoms with Crippen molar-refractivity contribution in [1.82, 2.24) is 9.80 Å². The molecule has 0 unspecified atom stereocenters. The number of aliphatic imine (C=N–C) groups is 1. The van der Waals surface area contributed by atoms with Gasteiger partial charge in [0.1, 0.15) is 0 Å². The summed E-state index contributed by atoms with van der Waals surface area (Å²) < 4.78 is 0. The molecule has 2 heterocycles. The molecule has 5 nitrogen and oxygen atoms in total. The largest absolute Gasteiger partial charge is 0.372 e. The van der Waals surface area contributed by atoms with E-state index in [1.54, 1.807) is 0 Å². The summed E-state index contributed by atoms with van der Waals surface area (Å²) in [6.45, 7) is 10.2. The van der Waals surface area contributed by atoms with Crippen molar-refractivity contribution in [2.24, 2.45) is 4.99 Å². The summed E-state index contributed by atoms with van der Waals surface area (Å²) in [5, 5.41) is 0.851. The Labute approximate surface area is 154 Å². The van der Waals surface area contributed by atoms with Crippen LogP contribution in [0.5, 0.6) is 0 Å². The summed E-state index contributed by atoms with van der Waals surface area (Å²) in [6.07, 6.45) is 1.95. The minimum absolute atomic E-state index is 0.119. The molecule has 6 heteroatoms. The minimum atomic E-state index is -0.119. The average Bonchev–Trinajstić information content (AvgIpc) is 2.99. The molecule has 0 aromatic heterocycles. The number of carbonyl (C=O) groups excluding carboxylic acids is 1. The molecule has 2 aliphatic rings. The van der Waals surface area contributed by atoms with Crippen LogP contribution in [0.3, 0.4) is 0 Å². The first-order chi connectivity index (χ1) is 12.1. The molecule has 1 saturated heterocycles. The van der Waals surface area contributed by atoms with E-state index >= 15 is 0 Å². The summed E-state index contributed by atoms with van der Waals surface area (Å²) in [7, 11) is 2.12. The monoisotopic (exact) mass is 358 g/mol. The molecule has 1 fully saturated rings. The fourth-order valence-corrected chi connectivity index (χ4v) is 4.02. The maximum absolute atomic E-state index is 12.2. The number of piperazine rings is 1. The number of thioether (sulfide) groups is 1. The number of nitrogens with zero attached hydrogens (tertiary/aromatic N) is 4. The van der Waals surface area contributed by atoms with Gasteiger partial charge in [0.15, 0.2) is 5.17 Å². The number of carbonyl (C=O) groups is 1. The molecule has 1 aromatic rings. The van der Waals surface area contributed by atoms with E-state index in [1.165, 1.54) is 17.4 Å². The molecule has 25 heavy (non-hydrogen) atoms. The normalized spacial score (nSPS) is 20.3. The van der Waals surface area contributed by atoms with Gasteiger partial charge >= 0.3 is 0 Å². The number of amidine groups is 1. The van der Waals surface area contributed by atoms with Gasteiger partial charge in [0, 0.05) is 45.0 Å². The van der Waals surface area contributed by atoms with E-state index in [1.807, 2.05) is 6.08 Å². The van der Waals surface area contributed by atoms with E-state index in [0.717, 1.165) is 50.0 Å². The van der Waals surface area contributed by atoms with Crippen LogP contribution in [-0.2, 0) is 4.79 Å². The van der Waals surface area contributed by atoms with E-state index in [4.69, 9.17) is 0 Å². The third-order valence-corrected chi connectivity index (χ3v) is 5.75. The molecule has 0 radical (unpaired) electrons. The second-order valence-electron chi connectivity index (χ2n) is 6.36. The van der Waals surface area contributed by atoms with Crippen molar-refractivity contribution in [2.45, 2.75) is 13.8 Å². The molecule has 2 aliphatic heterocycles. The standard InChI is InChI=1S/C19H26N4OS/c1-4-22(5-2)16-8-6-15(7-9-16)14-17-18(24)20-19(25-17)23-12-10-21(3)11-13-23/h6-9,14H,4-5,10-13H2,1-3H3/b17-14-. The molecule has 0 spiro atoms. The van der Waals surface area contributed by atoms with Crippen molar-refractivity contribution in [1.29, 1.82) is 0 Å². The van der Waals surface area contributed by atoms with Gasteiger partial charge in [0.2, 0.25) is 0 Å². The van der Waals surface area contributed by atoms with Crippen LogP contribution in [0, 0.1) is 0 Å². The van der Waals surface area contributed by atoms with Gasteiger partial charge in [-0.15, -0.1) is 0 Å². The summed E-state index contributed by atoms with van der Waals surface area (Å²) in [6, 6.07) is 8.38. The Bertz CT molecular complexity index is 671. The number of anilines is 1. The van der Waals surface area contributed by atoms with E-state index in [2.05, 4.69) is 64.9 Å². The fraction of sp³-hybridized carbons (Fsp3) is 0.474. The zero-order chi connectivity index (χ0) is 17.8. The summed E-state index contributed by atoms with van der Waals surface area (Å²) >= 11 is 1.50. The zero-order valence-electron chi connectivity index (χ0n) is 15.2. The van der Waals surface area contributed by atoms with Crippen LogP contribution < -0.4 is 4.90 Å². The van der Waals surface area contributed by atoms with Gasteiger partial charge in [-0.05, 0) is 56.4 Å². The quantitative estimate of drug-likeness (QED) is 0.774. The first-order valence-corrected chi connectivity index (χ1v) is 9.73. The Morgan fingerprint density at radius 3 is 2.36 bits per heavy atom. The molecule has 0 bridgehead atoms. The van der Waals surface area contributed by atoms with E-state index in [-0.39, 0.29) is 5.91 Å². The van der Waals surface area contributed by atoms with Crippen molar-refractivity contribution in [3.05, 3.63) is 34.7 Å².